The van der Waals surface area contributed by atoms with Gasteiger partial charge in [-0.2, -0.15) is 0 Å². The Labute approximate surface area is 46.9 Å². The van der Waals surface area contributed by atoms with E-state index in [-0.39, 0.29) is 6.47 Å². The summed E-state index contributed by atoms with van der Waals surface area (Å²) in [5.41, 5.74) is 0. The summed E-state index contributed by atoms with van der Waals surface area (Å²) in [4.78, 5) is 20.6. The van der Waals surface area contributed by atoms with Gasteiger partial charge in [0.1, 0.15) is 0 Å². The molecular formula is C4H7NO3. The quantitative estimate of drug-likeness (QED) is 0.299. The molecule has 8 heavy (non-hydrogen) atoms. The molecule has 0 rings (SSSR count). The van der Waals surface area contributed by atoms with E-state index in [1.165, 1.54) is 6.08 Å². The fraction of sp³-hybridized carbons (Fsp3) is 0.500. The number of hydrogen-bond acceptors (Lipinski definition) is 3. The van der Waals surface area contributed by atoms with Gasteiger partial charge in [0.2, 0.25) is 6.08 Å². The Morgan fingerprint density at radius 2 is 2.25 bits per heavy atom. The number of carboxylic acid groups (broad SMARTS) is 1. The van der Waals surface area contributed by atoms with E-state index in [9.17, 15) is 0 Å². The van der Waals surface area contributed by atoms with Crippen molar-refractivity contribution < 1.29 is 14.7 Å². The molecule has 0 saturated heterocycles. The molecule has 0 radical (unpaired) electrons. The summed E-state index contributed by atoms with van der Waals surface area (Å²) in [5.74, 6) is 0. The SMILES string of the molecule is CCN=C=O.O=CO. The third-order valence-electron chi connectivity index (χ3n) is 0.223. The molecule has 0 saturated carbocycles. The maximum Gasteiger partial charge on any atom is 0.290 e. The molecule has 0 aromatic rings. The van der Waals surface area contributed by atoms with Crippen LogP contribution in [0.1, 0.15) is 6.92 Å². The Bertz CT molecular complexity index is 85.3. The van der Waals surface area contributed by atoms with Gasteiger partial charge in [-0.1, -0.05) is 0 Å². The zero-order chi connectivity index (χ0) is 6.83. The van der Waals surface area contributed by atoms with Crippen molar-refractivity contribution >= 4 is 12.6 Å². The van der Waals surface area contributed by atoms with Crippen molar-refractivity contribution in [3.05, 3.63) is 0 Å². The van der Waals surface area contributed by atoms with Gasteiger partial charge in [0.15, 0.2) is 0 Å². The van der Waals surface area contributed by atoms with Crippen molar-refractivity contribution in [3.63, 3.8) is 0 Å². The number of hydrogen-bond donors (Lipinski definition) is 1. The average Bonchev–Trinajstić information content (AvgIpc) is 1.71. The van der Waals surface area contributed by atoms with E-state index in [4.69, 9.17) is 14.7 Å². The first-order chi connectivity index (χ1) is 3.83. The van der Waals surface area contributed by atoms with Crippen LogP contribution in [0.5, 0.6) is 0 Å². The van der Waals surface area contributed by atoms with Gasteiger partial charge in [0.25, 0.3) is 6.47 Å². The van der Waals surface area contributed by atoms with E-state index in [2.05, 4.69) is 4.99 Å². The first-order valence-electron chi connectivity index (χ1n) is 1.94. The van der Waals surface area contributed by atoms with Gasteiger partial charge in [0, 0.05) is 6.54 Å². The van der Waals surface area contributed by atoms with Crippen molar-refractivity contribution in [2.24, 2.45) is 4.99 Å². The summed E-state index contributed by atoms with van der Waals surface area (Å²) in [6, 6.07) is 0. The van der Waals surface area contributed by atoms with E-state index >= 15 is 0 Å². The van der Waals surface area contributed by atoms with Gasteiger partial charge in [-0.05, 0) is 6.92 Å². The van der Waals surface area contributed by atoms with Gasteiger partial charge in [-0.25, -0.2) is 9.79 Å². The summed E-state index contributed by atoms with van der Waals surface area (Å²) in [7, 11) is 0. The topological polar surface area (TPSA) is 66.7 Å². The number of nitrogens with zero attached hydrogens (tertiary/aromatic N) is 1. The largest absolute Gasteiger partial charge is 0.483 e. The minimum atomic E-state index is -0.250. The molecule has 0 bridgehead atoms. The first-order valence-corrected chi connectivity index (χ1v) is 1.94. The van der Waals surface area contributed by atoms with Crippen LogP contribution in [0.25, 0.3) is 0 Å². The van der Waals surface area contributed by atoms with Crippen LogP contribution in [0.2, 0.25) is 0 Å². The maximum absolute atomic E-state index is 9.11. The normalized spacial score (nSPS) is 5.12. The third-order valence-corrected chi connectivity index (χ3v) is 0.223. The van der Waals surface area contributed by atoms with Crippen molar-refractivity contribution in [1.82, 2.24) is 0 Å². The Hall–Kier alpha value is -1.15. The zero-order valence-corrected chi connectivity index (χ0v) is 4.50. The van der Waals surface area contributed by atoms with Crippen LogP contribution >= 0.6 is 0 Å². The number of carbonyl (C=O) groups excluding carboxylic acids is 1. The molecule has 0 aromatic heterocycles. The molecule has 0 unspecified atom stereocenters. The lowest BCUT2D eigenvalue weighted by Gasteiger charge is -1.58. The lowest BCUT2D eigenvalue weighted by molar-refractivity contribution is -0.122. The monoisotopic (exact) mass is 117 g/mol. The van der Waals surface area contributed by atoms with Gasteiger partial charge >= 0.3 is 0 Å². The van der Waals surface area contributed by atoms with Crippen LogP contribution in [0.15, 0.2) is 4.99 Å². The fourth-order valence-electron chi connectivity index (χ4n) is 0.0645. The smallest absolute Gasteiger partial charge is 0.290 e. The van der Waals surface area contributed by atoms with E-state index in [1.54, 1.807) is 6.92 Å². The van der Waals surface area contributed by atoms with Crippen LogP contribution < -0.4 is 0 Å². The molecule has 0 aromatic carbocycles. The molecule has 1 N–H and O–H groups in total. The van der Waals surface area contributed by atoms with Crippen LogP contribution in [-0.4, -0.2) is 24.2 Å². The molecule has 0 atom stereocenters. The van der Waals surface area contributed by atoms with E-state index in [1.807, 2.05) is 0 Å². The summed E-state index contributed by atoms with van der Waals surface area (Å²) in [5, 5.41) is 6.89. The predicted molar refractivity (Wildman–Crippen MR) is 27.4 cm³/mol. The van der Waals surface area contributed by atoms with E-state index < -0.39 is 0 Å². The second-order valence-corrected chi connectivity index (χ2v) is 0.671. The Morgan fingerprint density at radius 3 is 2.25 bits per heavy atom. The second-order valence-electron chi connectivity index (χ2n) is 0.671. The van der Waals surface area contributed by atoms with Crippen molar-refractivity contribution in [2.75, 3.05) is 6.54 Å². The van der Waals surface area contributed by atoms with Crippen LogP contribution in [0.3, 0.4) is 0 Å². The van der Waals surface area contributed by atoms with E-state index in [0.717, 1.165) is 0 Å². The number of aliphatic imine (C=N–C) groups is 1. The third kappa shape index (κ3) is 99.5. The number of isocyanates is 1. The molecule has 0 aliphatic rings. The number of carbonyl (C=O) groups is 1. The molecular weight excluding hydrogens is 110 g/mol. The number of rotatable bonds is 1. The van der Waals surface area contributed by atoms with Gasteiger partial charge in [-0.15, -0.1) is 0 Å². The highest BCUT2D eigenvalue weighted by molar-refractivity contribution is 5.32. The van der Waals surface area contributed by atoms with Crippen molar-refractivity contribution in [1.29, 1.82) is 0 Å². The average molecular weight is 117 g/mol. The minimum absolute atomic E-state index is 0.250. The Kier molecular flexibility index (Phi) is 21.1. The Balaban J connectivity index is 0. The summed E-state index contributed by atoms with van der Waals surface area (Å²) >= 11 is 0. The van der Waals surface area contributed by atoms with Crippen LogP contribution in [-0.2, 0) is 9.59 Å². The second kappa shape index (κ2) is 16.9. The molecule has 46 valence electrons. The molecule has 0 heterocycles. The first kappa shape index (κ1) is 9.97. The summed E-state index contributed by atoms with van der Waals surface area (Å²) < 4.78 is 0. The lowest BCUT2D eigenvalue weighted by Crippen LogP contribution is -1.58. The summed E-state index contributed by atoms with van der Waals surface area (Å²) in [6.45, 7) is 2.08. The van der Waals surface area contributed by atoms with Gasteiger partial charge in [-0.3, -0.25) is 4.79 Å². The van der Waals surface area contributed by atoms with Crippen LogP contribution in [0.4, 0.5) is 0 Å². The standard InChI is InChI=1S/C3H5NO.CH2O2/c1-2-4-3-5;2-1-3/h2H2,1H3;1H,(H,2,3). The molecule has 4 heteroatoms. The summed E-state index contributed by atoms with van der Waals surface area (Å²) in [6.07, 6.45) is 1.39. The highest BCUT2D eigenvalue weighted by atomic mass is 16.3. The minimum Gasteiger partial charge on any atom is -0.483 e. The Morgan fingerprint density at radius 1 is 1.88 bits per heavy atom. The molecule has 0 amide bonds. The molecule has 4 nitrogen and oxygen atoms in total. The maximum atomic E-state index is 9.11. The highest BCUT2D eigenvalue weighted by Crippen LogP contribution is 1.52. The lowest BCUT2D eigenvalue weighted by atomic mass is 10.8. The van der Waals surface area contributed by atoms with Crippen LogP contribution in [0, 0.1) is 0 Å². The van der Waals surface area contributed by atoms with Gasteiger partial charge in [0.05, 0.1) is 0 Å². The van der Waals surface area contributed by atoms with Crippen molar-refractivity contribution in [2.45, 2.75) is 6.92 Å². The fourth-order valence-corrected chi connectivity index (χ4v) is 0.0645. The molecule has 0 spiro atoms. The van der Waals surface area contributed by atoms with E-state index in [0.29, 0.717) is 6.54 Å². The van der Waals surface area contributed by atoms with Gasteiger partial charge < -0.3 is 5.11 Å². The molecule has 0 aliphatic heterocycles. The molecule has 0 aliphatic carbocycles. The molecule has 0 fully saturated rings. The highest BCUT2D eigenvalue weighted by Gasteiger charge is 1.52. The zero-order valence-electron chi connectivity index (χ0n) is 4.50. The van der Waals surface area contributed by atoms with Crippen molar-refractivity contribution in [3.8, 4) is 0 Å². The predicted octanol–water partition coefficient (Wildman–Crippen LogP) is 0.0429.